The highest BCUT2D eigenvalue weighted by Gasteiger charge is 2.22. The van der Waals surface area contributed by atoms with Crippen molar-refractivity contribution in [2.24, 2.45) is 0 Å². The Kier molecular flexibility index (Phi) is 6.67. The van der Waals surface area contributed by atoms with E-state index in [0.717, 1.165) is 41.8 Å². The number of nitrogens with zero attached hydrogens (tertiary/aromatic N) is 3. The van der Waals surface area contributed by atoms with Crippen LogP contribution in [0.15, 0.2) is 47.6 Å². The Hall–Kier alpha value is -2.71. The van der Waals surface area contributed by atoms with Crippen LogP contribution in [0, 0.1) is 19.7 Å². The van der Waals surface area contributed by atoms with E-state index >= 15 is 0 Å². The van der Waals surface area contributed by atoms with Crippen molar-refractivity contribution in [2.45, 2.75) is 44.5 Å². The van der Waals surface area contributed by atoms with E-state index in [1.807, 2.05) is 36.6 Å². The first-order chi connectivity index (χ1) is 15.0. The monoisotopic (exact) mass is 440 g/mol. The first-order valence-corrected chi connectivity index (χ1v) is 11.3. The van der Waals surface area contributed by atoms with Crippen molar-refractivity contribution in [2.75, 3.05) is 17.7 Å². The maximum absolute atomic E-state index is 13.4. The number of hydrogen-bond acceptors (Lipinski definition) is 5. The number of halogens is 1. The third-order valence-corrected chi connectivity index (χ3v) is 6.20. The summed E-state index contributed by atoms with van der Waals surface area (Å²) < 4.78 is 21.1. The predicted molar refractivity (Wildman–Crippen MR) is 120 cm³/mol. The quantitative estimate of drug-likeness (QED) is 0.544. The number of aromatic nitrogens is 3. The lowest BCUT2D eigenvalue weighted by atomic mass is 10.1. The molecule has 6 nitrogen and oxygen atoms in total. The number of nitrogens with one attached hydrogen (secondary N) is 1. The van der Waals surface area contributed by atoms with Gasteiger partial charge in [0.1, 0.15) is 5.82 Å². The first-order valence-electron chi connectivity index (χ1n) is 10.3. The van der Waals surface area contributed by atoms with Gasteiger partial charge < -0.3 is 10.1 Å². The molecule has 1 aliphatic heterocycles. The number of anilines is 1. The molecular weight excluding hydrogens is 415 g/mol. The molecule has 0 bridgehead atoms. The number of hydrogen-bond donors (Lipinski definition) is 1. The van der Waals surface area contributed by atoms with Gasteiger partial charge >= 0.3 is 0 Å². The lowest BCUT2D eigenvalue weighted by Crippen LogP contribution is -2.18. The molecule has 0 spiro atoms. The van der Waals surface area contributed by atoms with Crippen LogP contribution in [-0.4, -0.2) is 39.1 Å². The van der Waals surface area contributed by atoms with Crippen LogP contribution in [0.4, 0.5) is 10.1 Å². The largest absolute Gasteiger partial charge is 0.376 e. The van der Waals surface area contributed by atoms with Crippen molar-refractivity contribution < 1.29 is 13.9 Å². The number of rotatable bonds is 7. The molecule has 8 heteroatoms. The average molecular weight is 441 g/mol. The molecule has 0 aliphatic carbocycles. The highest BCUT2D eigenvalue weighted by Crippen LogP contribution is 2.27. The molecule has 0 saturated carbocycles. The lowest BCUT2D eigenvalue weighted by Gasteiger charge is -2.15. The van der Waals surface area contributed by atoms with Gasteiger partial charge in [-0.15, -0.1) is 10.2 Å². The Morgan fingerprint density at radius 1 is 1.23 bits per heavy atom. The summed E-state index contributed by atoms with van der Waals surface area (Å²) in [6.07, 6.45) is 2.08. The SMILES string of the molecule is Cc1ccc(C)c(NC(=O)CSc2nnc(-c3ccc(F)cc3)n2CC2CCCO2)c1. The molecule has 31 heavy (non-hydrogen) atoms. The van der Waals surface area contributed by atoms with Gasteiger partial charge in [-0.25, -0.2) is 4.39 Å². The van der Waals surface area contributed by atoms with E-state index in [0.29, 0.717) is 17.5 Å². The number of aryl methyl sites for hydroxylation is 2. The van der Waals surface area contributed by atoms with E-state index in [1.54, 1.807) is 12.1 Å². The number of amides is 1. The molecule has 1 aliphatic rings. The normalized spacial score (nSPS) is 15.9. The fraction of sp³-hybridized carbons (Fsp3) is 0.348. The van der Waals surface area contributed by atoms with Crippen LogP contribution in [0.3, 0.4) is 0 Å². The van der Waals surface area contributed by atoms with Crippen molar-refractivity contribution in [3.8, 4) is 11.4 Å². The number of ether oxygens (including phenoxy) is 1. The minimum absolute atomic E-state index is 0.0818. The van der Waals surface area contributed by atoms with Gasteiger partial charge in [0, 0.05) is 17.9 Å². The zero-order chi connectivity index (χ0) is 21.8. The summed E-state index contributed by atoms with van der Waals surface area (Å²) in [6.45, 7) is 5.31. The molecule has 1 N–H and O–H groups in total. The van der Waals surface area contributed by atoms with E-state index in [-0.39, 0.29) is 23.6 Å². The molecular formula is C23H25FN4O2S. The van der Waals surface area contributed by atoms with Crippen molar-refractivity contribution >= 4 is 23.4 Å². The summed E-state index contributed by atoms with van der Waals surface area (Å²) in [4.78, 5) is 12.6. The van der Waals surface area contributed by atoms with Gasteiger partial charge in [-0.2, -0.15) is 0 Å². The zero-order valence-electron chi connectivity index (χ0n) is 17.6. The molecule has 1 amide bonds. The first kappa shape index (κ1) is 21.5. The second kappa shape index (κ2) is 9.62. The van der Waals surface area contributed by atoms with Crippen molar-refractivity contribution in [1.29, 1.82) is 0 Å². The van der Waals surface area contributed by atoms with Crippen molar-refractivity contribution in [1.82, 2.24) is 14.8 Å². The Bertz CT molecular complexity index is 1060. The summed E-state index contributed by atoms with van der Waals surface area (Å²) in [5.41, 5.74) is 3.70. The van der Waals surface area contributed by atoms with E-state index in [9.17, 15) is 9.18 Å². The summed E-state index contributed by atoms with van der Waals surface area (Å²) in [5.74, 6) is 0.453. The van der Waals surface area contributed by atoms with Gasteiger partial charge in [-0.1, -0.05) is 23.9 Å². The van der Waals surface area contributed by atoms with Crippen molar-refractivity contribution in [3.63, 3.8) is 0 Å². The van der Waals surface area contributed by atoms with Crippen LogP contribution < -0.4 is 5.32 Å². The third-order valence-electron chi connectivity index (χ3n) is 5.23. The number of benzene rings is 2. The Balaban J connectivity index is 1.50. The summed E-state index contributed by atoms with van der Waals surface area (Å²) in [6, 6.07) is 12.2. The molecule has 1 saturated heterocycles. The minimum atomic E-state index is -0.299. The fourth-order valence-corrected chi connectivity index (χ4v) is 4.30. The van der Waals surface area contributed by atoms with Crippen LogP contribution in [0.25, 0.3) is 11.4 Å². The van der Waals surface area contributed by atoms with Crippen LogP contribution in [-0.2, 0) is 16.1 Å². The van der Waals surface area contributed by atoms with Gasteiger partial charge in [-0.05, 0) is 68.1 Å². The van der Waals surface area contributed by atoms with Crippen LogP contribution in [0.5, 0.6) is 0 Å². The highest BCUT2D eigenvalue weighted by molar-refractivity contribution is 7.99. The Morgan fingerprint density at radius 2 is 2.03 bits per heavy atom. The topological polar surface area (TPSA) is 69.0 Å². The summed E-state index contributed by atoms with van der Waals surface area (Å²) >= 11 is 1.33. The lowest BCUT2D eigenvalue weighted by molar-refractivity contribution is -0.113. The zero-order valence-corrected chi connectivity index (χ0v) is 18.4. The summed E-state index contributed by atoms with van der Waals surface area (Å²) in [7, 11) is 0. The van der Waals surface area contributed by atoms with E-state index in [1.165, 1.54) is 23.9 Å². The molecule has 162 valence electrons. The molecule has 2 heterocycles. The van der Waals surface area contributed by atoms with E-state index in [2.05, 4.69) is 15.5 Å². The second-order valence-corrected chi connectivity index (χ2v) is 8.66. The minimum Gasteiger partial charge on any atom is -0.376 e. The molecule has 4 rings (SSSR count). The third kappa shape index (κ3) is 5.32. The molecule has 1 atom stereocenters. The van der Waals surface area contributed by atoms with Gasteiger partial charge in [0.2, 0.25) is 5.91 Å². The Morgan fingerprint density at radius 3 is 2.77 bits per heavy atom. The van der Waals surface area contributed by atoms with Crippen LogP contribution in [0.1, 0.15) is 24.0 Å². The molecule has 1 unspecified atom stereocenters. The highest BCUT2D eigenvalue weighted by atomic mass is 32.2. The number of carbonyl (C=O) groups excluding carboxylic acids is 1. The smallest absolute Gasteiger partial charge is 0.234 e. The number of thioether (sulfide) groups is 1. The maximum Gasteiger partial charge on any atom is 0.234 e. The molecule has 1 fully saturated rings. The molecule has 3 aromatic rings. The summed E-state index contributed by atoms with van der Waals surface area (Å²) in [5, 5.41) is 12.3. The average Bonchev–Trinajstić information content (AvgIpc) is 3.40. The second-order valence-electron chi connectivity index (χ2n) is 7.71. The van der Waals surface area contributed by atoms with Gasteiger partial charge in [0.15, 0.2) is 11.0 Å². The Labute approximate surface area is 185 Å². The fourth-order valence-electron chi connectivity index (χ4n) is 3.55. The van der Waals surface area contributed by atoms with Crippen LogP contribution in [0.2, 0.25) is 0 Å². The number of carbonyl (C=O) groups is 1. The van der Waals surface area contributed by atoms with Crippen LogP contribution >= 0.6 is 11.8 Å². The predicted octanol–water partition coefficient (Wildman–Crippen LogP) is 4.61. The van der Waals surface area contributed by atoms with Crippen molar-refractivity contribution in [3.05, 3.63) is 59.4 Å². The van der Waals surface area contributed by atoms with E-state index in [4.69, 9.17) is 4.74 Å². The van der Waals surface area contributed by atoms with Gasteiger partial charge in [0.05, 0.1) is 18.4 Å². The molecule has 0 radical (unpaired) electrons. The van der Waals surface area contributed by atoms with Gasteiger partial charge in [-0.3, -0.25) is 9.36 Å². The standard InChI is InChI=1S/C23H25FN4O2S/c1-15-5-6-16(2)20(12-15)25-21(29)14-31-23-27-26-22(17-7-9-18(24)10-8-17)28(23)13-19-4-3-11-30-19/h5-10,12,19H,3-4,11,13-14H2,1-2H3,(H,25,29). The maximum atomic E-state index is 13.4. The van der Waals surface area contributed by atoms with E-state index < -0.39 is 0 Å². The molecule has 1 aromatic heterocycles. The van der Waals surface area contributed by atoms with Gasteiger partial charge in [0.25, 0.3) is 0 Å². The molecule has 2 aromatic carbocycles.